The molecule has 2 atom stereocenters. The van der Waals surface area contributed by atoms with Crippen molar-refractivity contribution in [2.75, 3.05) is 0 Å². The Balaban J connectivity index is 2.07. The molecule has 2 unspecified atom stereocenters. The molecular weight excluding hydrogens is 178 g/mol. The van der Waals surface area contributed by atoms with E-state index < -0.39 is 6.04 Å². The fraction of sp³-hybridized carbons (Fsp3) is 0.636. The molecule has 76 valence electrons. The van der Waals surface area contributed by atoms with E-state index in [2.05, 4.69) is 6.08 Å². The standard InChI is InChI=1S/C11H15NO2/c1-8-2-5-11(12(13)14)10(6-8)7-9-3-4-9/h2,5-6,9-11H,3-4,7H2,1H3. The third kappa shape index (κ3) is 2.03. The van der Waals surface area contributed by atoms with Gasteiger partial charge in [0, 0.05) is 10.8 Å². The summed E-state index contributed by atoms with van der Waals surface area (Å²) in [4.78, 5) is 10.6. The number of hydrogen-bond acceptors (Lipinski definition) is 2. The molecule has 0 bridgehead atoms. The fourth-order valence-electron chi connectivity index (χ4n) is 2.06. The van der Waals surface area contributed by atoms with Gasteiger partial charge in [-0.15, -0.1) is 0 Å². The average molecular weight is 193 g/mol. The monoisotopic (exact) mass is 193 g/mol. The maximum absolute atomic E-state index is 10.8. The lowest BCUT2D eigenvalue weighted by molar-refractivity contribution is -0.516. The molecule has 0 aromatic carbocycles. The SMILES string of the molecule is CC1=CC(CC2CC2)C([N+](=O)[O-])C=C1. The van der Waals surface area contributed by atoms with Crippen molar-refractivity contribution in [3.05, 3.63) is 33.9 Å². The van der Waals surface area contributed by atoms with Crippen LogP contribution in [-0.2, 0) is 0 Å². The van der Waals surface area contributed by atoms with Gasteiger partial charge in [0.2, 0.25) is 6.04 Å². The predicted octanol–water partition coefficient (Wildman–Crippen LogP) is 2.56. The molecule has 1 fully saturated rings. The van der Waals surface area contributed by atoms with Crippen LogP contribution in [0.4, 0.5) is 0 Å². The summed E-state index contributed by atoms with van der Waals surface area (Å²) in [6, 6.07) is -0.487. The van der Waals surface area contributed by atoms with Crippen LogP contribution < -0.4 is 0 Å². The Kier molecular flexibility index (Phi) is 2.40. The Morgan fingerprint density at radius 2 is 2.29 bits per heavy atom. The summed E-state index contributed by atoms with van der Waals surface area (Å²) in [5.74, 6) is 0.875. The first-order chi connectivity index (χ1) is 6.66. The van der Waals surface area contributed by atoms with Gasteiger partial charge in [-0.3, -0.25) is 10.1 Å². The van der Waals surface area contributed by atoms with Crippen LogP contribution in [0.1, 0.15) is 26.2 Å². The molecule has 0 aromatic heterocycles. The molecule has 0 radical (unpaired) electrons. The molecule has 3 heteroatoms. The Bertz CT molecular complexity index is 302. The van der Waals surface area contributed by atoms with Crippen molar-refractivity contribution in [3.8, 4) is 0 Å². The molecule has 2 rings (SSSR count). The third-order valence-corrected chi connectivity index (χ3v) is 3.02. The van der Waals surface area contributed by atoms with Crippen LogP contribution in [0.25, 0.3) is 0 Å². The minimum atomic E-state index is -0.487. The van der Waals surface area contributed by atoms with Crippen molar-refractivity contribution in [2.45, 2.75) is 32.2 Å². The van der Waals surface area contributed by atoms with Crippen molar-refractivity contribution in [1.82, 2.24) is 0 Å². The first-order valence-electron chi connectivity index (χ1n) is 5.17. The Labute approximate surface area is 83.7 Å². The summed E-state index contributed by atoms with van der Waals surface area (Å²) < 4.78 is 0. The van der Waals surface area contributed by atoms with Crippen LogP contribution in [0.5, 0.6) is 0 Å². The molecule has 0 heterocycles. The van der Waals surface area contributed by atoms with Crippen LogP contribution in [0, 0.1) is 22.0 Å². The van der Waals surface area contributed by atoms with Crippen molar-refractivity contribution in [2.24, 2.45) is 11.8 Å². The van der Waals surface area contributed by atoms with Gasteiger partial charge in [-0.25, -0.2) is 0 Å². The van der Waals surface area contributed by atoms with Gasteiger partial charge in [-0.05, 0) is 25.3 Å². The van der Waals surface area contributed by atoms with Crippen molar-refractivity contribution < 1.29 is 4.92 Å². The zero-order valence-electron chi connectivity index (χ0n) is 8.35. The molecule has 0 amide bonds. The van der Waals surface area contributed by atoms with Gasteiger partial charge >= 0.3 is 0 Å². The first kappa shape index (κ1) is 9.44. The van der Waals surface area contributed by atoms with E-state index >= 15 is 0 Å². The molecule has 3 nitrogen and oxygen atoms in total. The largest absolute Gasteiger partial charge is 0.264 e. The lowest BCUT2D eigenvalue weighted by Crippen LogP contribution is -2.28. The smallest absolute Gasteiger partial charge is 0.237 e. The summed E-state index contributed by atoms with van der Waals surface area (Å²) >= 11 is 0. The van der Waals surface area contributed by atoms with E-state index in [0.717, 1.165) is 17.9 Å². The highest BCUT2D eigenvalue weighted by Crippen LogP contribution is 2.38. The van der Waals surface area contributed by atoms with Crippen LogP contribution in [0.15, 0.2) is 23.8 Å². The molecular formula is C11H15NO2. The molecule has 14 heavy (non-hydrogen) atoms. The van der Waals surface area contributed by atoms with E-state index in [4.69, 9.17) is 0 Å². The molecule has 0 saturated heterocycles. The van der Waals surface area contributed by atoms with E-state index in [0.29, 0.717) is 0 Å². The summed E-state index contributed by atoms with van der Waals surface area (Å²) in [7, 11) is 0. The number of nitro groups is 1. The molecule has 0 N–H and O–H groups in total. The summed E-state index contributed by atoms with van der Waals surface area (Å²) in [5, 5.41) is 10.8. The van der Waals surface area contributed by atoms with Crippen LogP contribution in [0.2, 0.25) is 0 Å². The van der Waals surface area contributed by atoms with Crippen molar-refractivity contribution >= 4 is 0 Å². The second-order valence-corrected chi connectivity index (χ2v) is 4.39. The Hall–Kier alpha value is -1.12. The molecule has 2 aliphatic rings. The second kappa shape index (κ2) is 3.56. The van der Waals surface area contributed by atoms with Gasteiger partial charge in [0.25, 0.3) is 0 Å². The molecule has 1 saturated carbocycles. The van der Waals surface area contributed by atoms with Gasteiger partial charge < -0.3 is 0 Å². The molecule has 2 aliphatic carbocycles. The molecule has 0 aromatic rings. The van der Waals surface area contributed by atoms with Gasteiger partial charge in [-0.1, -0.05) is 30.6 Å². The van der Waals surface area contributed by atoms with Crippen molar-refractivity contribution in [3.63, 3.8) is 0 Å². The predicted molar refractivity (Wildman–Crippen MR) is 54.5 cm³/mol. The van der Waals surface area contributed by atoms with Crippen molar-refractivity contribution in [1.29, 1.82) is 0 Å². The quantitative estimate of drug-likeness (QED) is 0.510. The maximum atomic E-state index is 10.8. The Morgan fingerprint density at radius 1 is 1.57 bits per heavy atom. The van der Waals surface area contributed by atoms with E-state index in [1.807, 2.05) is 13.0 Å². The van der Waals surface area contributed by atoms with E-state index in [1.54, 1.807) is 6.08 Å². The summed E-state index contributed by atoms with van der Waals surface area (Å²) in [5.41, 5.74) is 1.16. The number of rotatable bonds is 3. The minimum Gasteiger partial charge on any atom is -0.264 e. The van der Waals surface area contributed by atoms with E-state index in [9.17, 15) is 10.1 Å². The van der Waals surface area contributed by atoms with Gasteiger partial charge in [0.1, 0.15) is 0 Å². The molecule has 0 aliphatic heterocycles. The fourth-order valence-corrected chi connectivity index (χ4v) is 2.06. The van der Waals surface area contributed by atoms with Crippen LogP contribution in [-0.4, -0.2) is 11.0 Å². The Morgan fingerprint density at radius 3 is 2.86 bits per heavy atom. The summed E-state index contributed by atoms with van der Waals surface area (Å²) in [6.45, 7) is 2.01. The zero-order valence-corrected chi connectivity index (χ0v) is 8.35. The average Bonchev–Trinajstić information content (AvgIpc) is 2.87. The highest BCUT2D eigenvalue weighted by molar-refractivity contribution is 5.24. The number of nitrogens with zero attached hydrogens (tertiary/aromatic N) is 1. The maximum Gasteiger partial charge on any atom is 0.237 e. The highest BCUT2D eigenvalue weighted by Gasteiger charge is 2.34. The normalized spacial score (nSPS) is 31.4. The van der Waals surface area contributed by atoms with E-state index in [-0.39, 0.29) is 10.8 Å². The second-order valence-electron chi connectivity index (χ2n) is 4.39. The minimum absolute atomic E-state index is 0.127. The van der Waals surface area contributed by atoms with Gasteiger partial charge in [-0.2, -0.15) is 0 Å². The summed E-state index contributed by atoms with van der Waals surface area (Å²) in [6.07, 6.45) is 9.17. The first-order valence-corrected chi connectivity index (χ1v) is 5.17. The molecule has 0 spiro atoms. The topological polar surface area (TPSA) is 43.1 Å². The van der Waals surface area contributed by atoms with E-state index in [1.165, 1.54) is 12.8 Å². The van der Waals surface area contributed by atoms with Gasteiger partial charge in [0.15, 0.2) is 0 Å². The lowest BCUT2D eigenvalue weighted by atomic mass is 9.88. The van der Waals surface area contributed by atoms with Crippen LogP contribution >= 0.6 is 0 Å². The number of allylic oxidation sites excluding steroid dienone is 2. The van der Waals surface area contributed by atoms with Gasteiger partial charge in [0.05, 0.1) is 0 Å². The lowest BCUT2D eigenvalue weighted by Gasteiger charge is -2.18. The highest BCUT2D eigenvalue weighted by atomic mass is 16.6. The van der Waals surface area contributed by atoms with Crippen LogP contribution in [0.3, 0.4) is 0 Å². The zero-order chi connectivity index (χ0) is 10.1. The third-order valence-electron chi connectivity index (χ3n) is 3.02. The number of hydrogen-bond donors (Lipinski definition) is 0.